The van der Waals surface area contributed by atoms with E-state index in [0.29, 0.717) is 5.02 Å². The van der Waals surface area contributed by atoms with Crippen LogP contribution in [-0.2, 0) is 0 Å². The maximum Gasteiger partial charge on any atom is 0.171 e. The molecule has 2 aromatic rings. The molecule has 0 aliphatic heterocycles. The van der Waals surface area contributed by atoms with Crippen molar-refractivity contribution in [3.8, 4) is 0 Å². The largest absolute Gasteiger partial charge is 0.234 e. The van der Waals surface area contributed by atoms with Gasteiger partial charge in [-0.2, -0.15) is 0 Å². The average molecular weight is 243 g/mol. The summed E-state index contributed by atoms with van der Waals surface area (Å²) in [7, 11) is 0. The van der Waals surface area contributed by atoms with Crippen LogP contribution in [0, 0.1) is 0 Å². The number of rotatable bonds is 2. The smallest absolute Gasteiger partial charge is 0.171 e. The Morgan fingerprint density at radius 3 is 3.21 bits per heavy atom. The molecular weight excluding hydrogens is 236 g/mol. The number of pyridine rings is 1. The van der Waals surface area contributed by atoms with Crippen LogP contribution >= 0.6 is 34.7 Å². The fraction of sp³-hybridized carbons (Fsp3) is 0.111. The molecule has 0 atom stereocenters. The van der Waals surface area contributed by atoms with Gasteiger partial charge >= 0.3 is 0 Å². The van der Waals surface area contributed by atoms with Crippen molar-refractivity contribution in [2.45, 2.75) is 11.3 Å². The van der Waals surface area contributed by atoms with E-state index in [1.807, 2.05) is 24.5 Å². The first-order valence-electron chi connectivity index (χ1n) is 3.99. The van der Waals surface area contributed by atoms with Gasteiger partial charge in [0.25, 0.3) is 0 Å². The predicted octanol–water partition coefficient (Wildman–Crippen LogP) is 3.97. The van der Waals surface area contributed by atoms with E-state index in [-0.39, 0.29) is 0 Å². The van der Waals surface area contributed by atoms with Gasteiger partial charge in [0.05, 0.1) is 9.72 Å². The number of hydrogen-bond donors (Lipinski definition) is 0. The molecule has 0 unspecified atom stereocenters. The first-order chi connectivity index (χ1) is 6.79. The Balaban J connectivity index is 2.41. The summed E-state index contributed by atoms with van der Waals surface area (Å²) >= 11 is 9.03. The molecule has 0 N–H and O–H groups in total. The summed E-state index contributed by atoms with van der Waals surface area (Å²) in [6, 6.07) is 1.89. The SMILES string of the molecule is CC=CSc1nc2ncc(Cl)cc2s1. The molecule has 0 bridgehead atoms. The number of fused-ring (bicyclic) bond motifs is 1. The van der Waals surface area contributed by atoms with Crippen molar-refractivity contribution in [2.75, 3.05) is 0 Å². The summed E-state index contributed by atoms with van der Waals surface area (Å²) < 4.78 is 2.03. The molecule has 0 aromatic carbocycles. The van der Waals surface area contributed by atoms with Gasteiger partial charge in [-0.25, -0.2) is 9.97 Å². The number of halogens is 1. The number of nitrogens with zero attached hydrogens (tertiary/aromatic N) is 2. The molecule has 0 radical (unpaired) electrons. The molecule has 72 valence electrons. The van der Waals surface area contributed by atoms with E-state index in [4.69, 9.17) is 11.6 Å². The van der Waals surface area contributed by atoms with Gasteiger partial charge in [0.1, 0.15) is 0 Å². The quantitative estimate of drug-likeness (QED) is 0.746. The summed E-state index contributed by atoms with van der Waals surface area (Å²) in [5.41, 5.74) is 0.770. The van der Waals surface area contributed by atoms with Gasteiger partial charge in [-0.3, -0.25) is 0 Å². The second-order valence-electron chi connectivity index (χ2n) is 2.54. The third-order valence-corrected chi connectivity index (χ3v) is 3.73. The van der Waals surface area contributed by atoms with Gasteiger partial charge in [0.2, 0.25) is 0 Å². The molecule has 0 saturated heterocycles. The molecule has 0 aliphatic rings. The van der Waals surface area contributed by atoms with Crippen LogP contribution in [-0.4, -0.2) is 9.97 Å². The summed E-state index contributed by atoms with van der Waals surface area (Å²) in [5.74, 6) is 0. The minimum atomic E-state index is 0.656. The minimum Gasteiger partial charge on any atom is -0.234 e. The molecule has 2 rings (SSSR count). The number of allylic oxidation sites excluding steroid dienone is 1. The van der Waals surface area contributed by atoms with Crippen LogP contribution in [0.15, 0.2) is 28.1 Å². The lowest BCUT2D eigenvalue weighted by molar-refractivity contribution is 1.24. The van der Waals surface area contributed by atoms with Crippen molar-refractivity contribution in [3.63, 3.8) is 0 Å². The van der Waals surface area contributed by atoms with E-state index in [1.165, 1.54) is 0 Å². The van der Waals surface area contributed by atoms with E-state index >= 15 is 0 Å². The second kappa shape index (κ2) is 4.29. The van der Waals surface area contributed by atoms with Crippen LogP contribution in [0.1, 0.15) is 6.92 Å². The third-order valence-electron chi connectivity index (χ3n) is 1.50. The first-order valence-corrected chi connectivity index (χ1v) is 6.07. The van der Waals surface area contributed by atoms with Crippen LogP contribution in [0.2, 0.25) is 5.02 Å². The Hall–Kier alpha value is -0.580. The van der Waals surface area contributed by atoms with Crippen LogP contribution in [0.5, 0.6) is 0 Å². The highest BCUT2D eigenvalue weighted by Gasteiger charge is 2.04. The Bertz CT molecular complexity index is 479. The number of thioether (sulfide) groups is 1. The standard InChI is InChI=1S/C9H7ClN2S2/c1-2-3-13-9-12-8-7(14-9)4-6(10)5-11-8/h2-5H,1H3. The Morgan fingerprint density at radius 1 is 1.57 bits per heavy atom. The van der Waals surface area contributed by atoms with Gasteiger partial charge in [0.15, 0.2) is 9.99 Å². The van der Waals surface area contributed by atoms with Crippen LogP contribution in [0.4, 0.5) is 0 Å². The molecule has 5 heteroatoms. The molecule has 0 aliphatic carbocycles. The average Bonchev–Trinajstić information content (AvgIpc) is 2.56. The summed E-state index contributed by atoms with van der Waals surface area (Å²) in [5, 5.41) is 2.66. The lowest BCUT2D eigenvalue weighted by Crippen LogP contribution is -1.74. The van der Waals surface area contributed by atoms with Crippen LogP contribution in [0.25, 0.3) is 10.3 Å². The van der Waals surface area contributed by atoms with Crippen LogP contribution in [0.3, 0.4) is 0 Å². The molecule has 2 nitrogen and oxygen atoms in total. The maximum atomic E-state index is 5.83. The van der Waals surface area contributed by atoms with Crippen molar-refractivity contribution in [1.29, 1.82) is 0 Å². The molecule has 14 heavy (non-hydrogen) atoms. The maximum absolute atomic E-state index is 5.83. The topological polar surface area (TPSA) is 25.8 Å². The van der Waals surface area contributed by atoms with E-state index in [2.05, 4.69) is 9.97 Å². The molecule has 0 spiro atoms. The van der Waals surface area contributed by atoms with Gasteiger partial charge in [0, 0.05) is 6.20 Å². The lowest BCUT2D eigenvalue weighted by atomic mass is 10.5. The molecule has 0 fully saturated rings. The zero-order valence-electron chi connectivity index (χ0n) is 7.40. The summed E-state index contributed by atoms with van der Waals surface area (Å²) in [6.45, 7) is 1.98. The molecule has 0 amide bonds. The zero-order chi connectivity index (χ0) is 9.97. The summed E-state index contributed by atoms with van der Waals surface area (Å²) in [4.78, 5) is 8.49. The fourth-order valence-corrected chi connectivity index (χ4v) is 2.89. The highest BCUT2D eigenvalue weighted by molar-refractivity contribution is 8.03. The lowest BCUT2D eigenvalue weighted by Gasteiger charge is -1.85. The van der Waals surface area contributed by atoms with E-state index in [1.54, 1.807) is 29.3 Å². The number of thiazole rings is 1. The predicted molar refractivity (Wildman–Crippen MR) is 63.1 cm³/mol. The molecular formula is C9H7ClN2S2. The van der Waals surface area contributed by atoms with Crippen molar-refractivity contribution in [2.24, 2.45) is 0 Å². The third kappa shape index (κ3) is 2.08. The second-order valence-corrected chi connectivity index (χ2v) is 5.16. The zero-order valence-corrected chi connectivity index (χ0v) is 9.79. The van der Waals surface area contributed by atoms with Crippen molar-refractivity contribution < 1.29 is 0 Å². The van der Waals surface area contributed by atoms with Crippen molar-refractivity contribution >= 4 is 45.0 Å². The first kappa shape index (κ1) is 9.96. The highest BCUT2D eigenvalue weighted by atomic mass is 35.5. The normalized spacial score (nSPS) is 11.6. The van der Waals surface area contributed by atoms with Gasteiger partial charge in [-0.05, 0) is 18.4 Å². The summed E-state index contributed by atoms with van der Waals surface area (Å²) in [6.07, 6.45) is 3.60. The van der Waals surface area contributed by atoms with Gasteiger partial charge in [-0.1, -0.05) is 29.4 Å². The molecule has 2 aromatic heterocycles. The monoisotopic (exact) mass is 242 g/mol. The van der Waals surface area contributed by atoms with E-state index < -0.39 is 0 Å². The Morgan fingerprint density at radius 2 is 2.43 bits per heavy atom. The van der Waals surface area contributed by atoms with Gasteiger partial charge < -0.3 is 0 Å². The molecule has 2 heterocycles. The number of hydrogen-bond acceptors (Lipinski definition) is 4. The van der Waals surface area contributed by atoms with Crippen molar-refractivity contribution in [3.05, 3.63) is 28.8 Å². The van der Waals surface area contributed by atoms with E-state index in [0.717, 1.165) is 14.7 Å². The van der Waals surface area contributed by atoms with Crippen molar-refractivity contribution in [1.82, 2.24) is 9.97 Å². The highest BCUT2D eigenvalue weighted by Crippen LogP contribution is 2.30. The Kier molecular flexibility index (Phi) is 3.05. The minimum absolute atomic E-state index is 0.656. The van der Waals surface area contributed by atoms with E-state index in [9.17, 15) is 0 Å². The van der Waals surface area contributed by atoms with Crippen LogP contribution < -0.4 is 0 Å². The fourth-order valence-electron chi connectivity index (χ4n) is 0.953. The number of aromatic nitrogens is 2. The Labute approximate surface area is 95.0 Å². The molecule has 0 saturated carbocycles. The van der Waals surface area contributed by atoms with Gasteiger partial charge in [-0.15, -0.1) is 11.3 Å².